The third-order valence-electron chi connectivity index (χ3n) is 3.27. The van der Waals surface area contributed by atoms with Crippen molar-refractivity contribution in [1.29, 1.82) is 0 Å². The summed E-state index contributed by atoms with van der Waals surface area (Å²) in [5, 5.41) is 11.0. The molecule has 0 aromatic heterocycles. The lowest BCUT2D eigenvalue weighted by Crippen LogP contribution is -2.09. The summed E-state index contributed by atoms with van der Waals surface area (Å²) in [6.07, 6.45) is -0.0807. The van der Waals surface area contributed by atoms with Crippen LogP contribution in [-0.2, 0) is 11.3 Å². The standard InChI is InChI=1S/C18H19NO6/c1-12(2)25-17-8-7-15(19(21)22)9-14(17)11-24-16-6-4-5-13(10-16)18(20)23-3/h4-10,12H,11H2,1-3H3. The fraction of sp³-hybridized carbons (Fsp3) is 0.278. The van der Waals surface area contributed by atoms with Gasteiger partial charge >= 0.3 is 5.97 Å². The monoisotopic (exact) mass is 345 g/mol. The van der Waals surface area contributed by atoms with E-state index in [-0.39, 0.29) is 18.4 Å². The molecule has 0 aliphatic carbocycles. The van der Waals surface area contributed by atoms with E-state index in [2.05, 4.69) is 4.74 Å². The van der Waals surface area contributed by atoms with Crippen LogP contribution in [0.3, 0.4) is 0 Å². The molecule has 7 heteroatoms. The van der Waals surface area contributed by atoms with Gasteiger partial charge in [-0.05, 0) is 38.1 Å². The highest BCUT2D eigenvalue weighted by Crippen LogP contribution is 2.27. The Morgan fingerprint density at radius 3 is 2.60 bits per heavy atom. The second kappa shape index (κ2) is 8.14. The van der Waals surface area contributed by atoms with Gasteiger partial charge in [0, 0.05) is 17.7 Å². The van der Waals surface area contributed by atoms with E-state index in [4.69, 9.17) is 9.47 Å². The number of carbonyl (C=O) groups excluding carboxylic acids is 1. The van der Waals surface area contributed by atoms with E-state index in [1.807, 2.05) is 13.8 Å². The molecule has 0 saturated carbocycles. The maximum Gasteiger partial charge on any atom is 0.337 e. The molecule has 0 aliphatic rings. The molecule has 25 heavy (non-hydrogen) atoms. The molecule has 0 atom stereocenters. The zero-order valence-corrected chi connectivity index (χ0v) is 14.2. The van der Waals surface area contributed by atoms with Crippen LogP contribution in [0, 0.1) is 10.1 Å². The van der Waals surface area contributed by atoms with Gasteiger partial charge in [-0.25, -0.2) is 4.79 Å². The molecule has 0 aliphatic heterocycles. The van der Waals surface area contributed by atoms with E-state index in [0.29, 0.717) is 22.6 Å². The zero-order valence-electron chi connectivity index (χ0n) is 14.2. The maximum absolute atomic E-state index is 11.6. The minimum atomic E-state index is -0.472. The van der Waals surface area contributed by atoms with Gasteiger partial charge in [-0.3, -0.25) is 10.1 Å². The predicted molar refractivity (Wildman–Crippen MR) is 91.0 cm³/mol. The summed E-state index contributed by atoms with van der Waals surface area (Å²) in [4.78, 5) is 22.1. The number of hydrogen-bond donors (Lipinski definition) is 0. The lowest BCUT2D eigenvalue weighted by molar-refractivity contribution is -0.385. The summed E-state index contributed by atoms with van der Waals surface area (Å²) in [6.45, 7) is 3.80. The van der Waals surface area contributed by atoms with Crippen LogP contribution in [0.1, 0.15) is 29.8 Å². The molecule has 0 unspecified atom stereocenters. The van der Waals surface area contributed by atoms with Crippen LogP contribution in [0.2, 0.25) is 0 Å². The van der Waals surface area contributed by atoms with Crippen molar-refractivity contribution in [2.45, 2.75) is 26.6 Å². The van der Waals surface area contributed by atoms with Gasteiger partial charge in [0.1, 0.15) is 18.1 Å². The van der Waals surface area contributed by atoms with Gasteiger partial charge in [-0.15, -0.1) is 0 Å². The van der Waals surface area contributed by atoms with Crippen LogP contribution in [0.25, 0.3) is 0 Å². The topological polar surface area (TPSA) is 87.9 Å². The molecule has 0 bridgehead atoms. The molecule has 2 aromatic rings. The molecule has 0 N–H and O–H groups in total. The Balaban J connectivity index is 2.22. The van der Waals surface area contributed by atoms with Crippen molar-refractivity contribution in [2.75, 3.05) is 7.11 Å². The predicted octanol–water partition coefficient (Wildman–Crippen LogP) is 3.75. The van der Waals surface area contributed by atoms with E-state index in [9.17, 15) is 14.9 Å². The number of nitro benzene ring substituents is 1. The third-order valence-corrected chi connectivity index (χ3v) is 3.27. The maximum atomic E-state index is 11.6. The summed E-state index contributed by atoms with van der Waals surface area (Å²) < 4.78 is 16.0. The van der Waals surface area contributed by atoms with E-state index >= 15 is 0 Å². The molecule has 7 nitrogen and oxygen atoms in total. The number of ether oxygens (including phenoxy) is 3. The number of rotatable bonds is 7. The molecule has 0 saturated heterocycles. The molecule has 132 valence electrons. The third kappa shape index (κ3) is 4.94. The number of methoxy groups -OCH3 is 1. The van der Waals surface area contributed by atoms with Crippen LogP contribution in [0.15, 0.2) is 42.5 Å². The second-order valence-corrected chi connectivity index (χ2v) is 5.52. The lowest BCUT2D eigenvalue weighted by Gasteiger charge is -2.15. The number of carbonyl (C=O) groups is 1. The first-order chi connectivity index (χ1) is 11.9. The largest absolute Gasteiger partial charge is 0.491 e. The quantitative estimate of drug-likeness (QED) is 0.431. The number of non-ortho nitro benzene ring substituents is 1. The lowest BCUT2D eigenvalue weighted by atomic mass is 10.2. The first-order valence-electron chi connectivity index (χ1n) is 7.66. The van der Waals surface area contributed by atoms with E-state index in [0.717, 1.165) is 0 Å². The minimum absolute atomic E-state index is 0.0435. The molecule has 0 spiro atoms. The number of nitro groups is 1. The average Bonchev–Trinajstić information content (AvgIpc) is 2.59. The average molecular weight is 345 g/mol. The van der Waals surface area contributed by atoms with Gasteiger partial charge in [-0.1, -0.05) is 6.07 Å². The molecular formula is C18H19NO6. The van der Waals surface area contributed by atoms with Gasteiger partial charge in [0.05, 0.1) is 23.7 Å². The Hall–Kier alpha value is -3.09. The van der Waals surface area contributed by atoms with Crippen molar-refractivity contribution in [1.82, 2.24) is 0 Å². The highest BCUT2D eigenvalue weighted by molar-refractivity contribution is 5.89. The Kier molecular flexibility index (Phi) is 5.94. The fourth-order valence-corrected chi connectivity index (χ4v) is 2.15. The highest BCUT2D eigenvalue weighted by atomic mass is 16.6. The normalized spacial score (nSPS) is 10.4. The summed E-state index contributed by atoms with van der Waals surface area (Å²) in [6, 6.07) is 10.9. The Bertz CT molecular complexity index is 772. The summed E-state index contributed by atoms with van der Waals surface area (Å²) in [5.74, 6) is 0.499. The molecule has 2 rings (SSSR count). The van der Waals surface area contributed by atoms with Crippen LogP contribution in [-0.4, -0.2) is 24.1 Å². The number of hydrogen-bond acceptors (Lipinski definition) is 6. The summed E-state index contributed by atoms with van der Waals surface area (Å²) in [7, 11) is 1.30. The van der Waals surface area contributed by atoms with Crippen LogP contribution >= 0.6 is 0 Å². The van der Waals surface area contributed by atoms with Crippen molar-refractivity contribution in [2.24, 2.45) is 0 Å². The smallest absolute Gasteiger partial charge is 0.337 e. The minimum Gasteiger partial charge on any atom is -0.491 e. The molecular weight excluding hydrogens is 326 g/mol. The highest BCUT2D eigenvalue weighted by Gasteiger charge is 2.14. The van der Waals surface area contributed by atoms with Crippen molar-refractivity contribution < 1.29 is 23.9 Å². The van der Waals surface area contributed by atoms with Gasteiger partial charge < -0.3 is 14.2 Å². The molecule has 0 amide bonds. The number of esters is 1. The molecule has 0 radical (unpaired) electrons. The van der Waals surface area contributed by atoms with Gasteiger partial charge in [0.15, 0.2) is 0 Å². The molecule has 0 heterocycles. The Morgan fingerprint density at radius 2 is 1.96 bits per heavy atom. The van der Waals surface area contributed by atoms with Crippen LogP contribution < -0.4 is 9.47 Å². The Labute approximate surface area is 145 Å². The van der Waals surface area contributed by atoms with E-state index in [1.54, 1.807) is 30.3 Å². The van der Waals surface area contributed by atoms with Crippen molar-refractivity contribution >= 4 is 11.7 Å². The van der Waals surface area contributed by atoms with Crippen molar-refractivity contribution in [3.63, 3.8) is 0 Å². The number of benzene rings is 2. The summed E-state index contributed by atoms with van der Waals surface area (Å²) >= 11 is 0. The molecule has 2 aromatic carbocycles. The van der Waals surface area contributed by atoms with E-state index < -0.39 is 10.9 Å². The van der Waals surface area contributed by atoms with Crippen molar-refractivity contribution in [3.05, 3.63) is 63.7 Å². The first kappa shape index (κ1) is 18.3. The van der Waals surface area contributed by atoms with E-state index in [1.165, 1.54) is 19.2 Å². The van der Waals surface area contributed by atoms with Gasteiger partial charge in [-0.2, -0.15) is 0 Å². The number of nitrogens with zero attached hydrogens (tertiary/aromatic N) is 1. The Morgan fingerprint density at radius 1 is 1.20 bits per heavy atom. The summed E-state index contributed by atoms with van der Waals surface area (Å²) in [5.41, 5.74) is 0.863. The SMILES string of the molecule is COC(=O)c1cccc(OCc2cc([N+](=O)[O-])ccc2OC(C)C)c1. The zero-order chi connectivity index (χ0) is 18.4. The molecule has 0 fully saturated rings. The fourth-order valence-electron chi connectivity index (χ4n) is 2.15. The van der Waals surface area contributed by atoms with Gasteiger partial charge in [0.2, 0.25) is 0 Å². The van der Waals surface area contributed by atoms with Crippen molar-refractivity contribution in [3.8, 4) is 11.5 Å². The van der Waals surface area contributed by atoms with Crippen LogP contribution in [0.4, 0.5) is 5.69 Å². The van der Waals surface area contributed by atoms with Crippen LogP contribution in [0.5, 0.6) is 11.5 Å². The first-order valence-corrected chi connectivity index (χ1v) is 7.66. The van der Waals surface area contributed by atoms with Gasteiger partial charge in [0.25, 0.3) is 5.69 Å². The second-order valence-electron chi connectivity index (χ2n) is 5.52.